The van der Waals surface area contributed by atoms with E-state index in [0.717, 1.165) is 4.57 Å². The number of nitrogen functional groups attached to an aromatic ring is 1. The summed E-state index contributed by atoms with van der Waals surface area (Å²) in [6.45, 7) is -0.412. The first-order valence-corrected chi connectivity index (χ1v) is 13.2. The molecule has 43 heavy (non-hydrogen) atoms. The fourth-order valence-corrected chi connectivity index (χ4v) is 4.48. The number of methoxy groups -OCH3 is 1. The molecule has 1 saturated heterocycles. The fraction of sp³-hybridized carbons (Fsp3) is 0.194. The van der Waals surface area contributed by atoms with Crippen molar-refractivity contribution in [2.75, 3.05) is 19.5 Å². The van der Waals surface area contributed by atoms with Gasteiger partial charge in [-0.1, -0.05) is 54.6 Å². The Labute approximate surface area is 245 Å². The topological polar surface area (TPSA) is 158 Å². The van der Waals surface area contributed by atoms with Gasteiger partial charge < -0.3 is 29.4 Å². The Hall–Kier alpha value is -5.49. The lowest BCUT2D eigenvalue weighted by molar-refractivity contribution is -0.0641. The standard InChI is InChI=1S/C31H27N3O9/c1-39-22-17-34(31(38)33-26(22)32)27-25(43-30(37)21-15-9-4-10-16-21)24(42-29(36)20-13-7-3-8-14-20)23(41-27)18-40-28(35)19-11-5-2-6-12-19/h2-17,23-25,27H,18H2,1H3,(H2,32,33,38). The molecule has 1 aliphatic rings. The number of aromatic nitrogens is 2. The number of hydrogen-bond acceptors (Lipinski definition) is 11. The lowest BCUT2D eigenvalue weighted by Crippen LogP contribution is -2.42. The molecule has 0 spiro atoms. The molecule has 0 amide bonds. The second-order valence-electron chi connectivity index (χ2n) is 9.39. The Morgan fingerprint density at radius 2 is 1.28 bits per heavy atom. The zero-order chi connectivity index (χ0) is 30.3. The molecule has 1 aromatic heterocycles. The number of ether oxygens (including phenoxy) is 5. The summed E-state index contributed by atoms with van der Waals surface area (Å²) in [5, 5.41) is 0. The molecule has 220 valence electrons. The number of benzene rings is 3. The molecule has 4 aromatic rings. The molecule has 0 aliphatic carbocycles. The second kappa shape index (κ2) is 13.0. The predicted octanol–water partition coefficient (Wildman–Crippen LogP) is 3.04. The molecule has 12 nitrogen and oxygen atoms in total. The maximum absolute atomic E-state index is 13.2. The van der Waals surface area contributed by atoms with Crippen LogP contribution in [0.25, 0.3) is 0 Å². The Bertz CT molecular complexity index is 1650. The monoisotopic (exact) mass is 585 g/mol. The van der Waals surface area contributed by atoms with E-state index in [1.807, 2.05) is 0 Å². The summed E-state index contributed by atoms with van der Waals surface area (Å²) in [6.07, 6.45) is -4.03. The first-order valence-electron chi connectivity index (χ1n) is 13.2. The van der Waals surface area contributed by atoms with Crippen LogP contribution in [0.1, 0.15) is 37.3 Å². The predicted molar refractivity (Wildman–Crippen MR) is 151 cm³/mol. The van der Waals surface area contributed by atoms with Crippen LogP contribution in [0.4, 0.5) is 5.82 Å². The molecule has 1 aliphatic heterocycles. The number of nitrogens with zero attached hydrogens (tertiary/aromatic N) is 2. The van der Waals surface area contributed by atoms with E-state index in [2.05, 4.69) is 4.98 Å². The van der Waals surface area contributed by atoms with Crippen LogP contribution in [-0.2, 0) is 18.9 Å². The van der Waals surface area contributed by atoms with Gasteiger partial charge in [0, 0.05) is 0 Å². The zero-order valence-corrected chi connectivity index (χ0v) is 22.9. The summed E-state index contributed by atoms with van der Waals surface area (Å²) in [5.74, 6) is -2.31. The Balaban J connectivity index is 1.53. The van der Waals surface area contributed by atoms with Crippen molar-refractivity contribution < 1.29 is 38.1 Å². The molecule has 0 radical (unpaired) electrons. The van der Waals surface area contributed by atoms with Crippen molar-refractivity contribution in [3.8, 4) is 5.75 Å². The molecular weight excluding hydrogens is 558 g/mol. The van der Waals surface area contributed by atoms with E-state index in [9.17, 15) is 19.2 Å². The average Bonchev–Trinajstić information content (AvgIpc) is 3.36. The summed E-state index contributed by atoms with van der Waals surface area (Å²) in [4.78, 5) is 56.0. The van der Waals surface area contributed by atoms with Crippen LogP contribution < -0.4 is 16.2 Å². The highest BCUT2D eigenvalue weighted by Crippen LogP contribution is 2.35. The van der Waals surface area contributed by atoms with Crippen LogP contribution in [0.5, 0.6) is 5.75 Å². The third-order valence-electron chi connectivity index (χ3n) is 6.62. The normalized spacial score (nSPS) is 19.3. The van der Waals surface area contributed by atoms with Gasteiger partial charge in [-0.3, -0.25) is 4.57 Å². The largest absolute Gasteiger partial charge is 0.491 e. The smallest absolute Gasteiger partial charge is 0.352 e. The number of nitrogens with two attached hydrogens (primary N) is 1. The van der Waals surface area contributed by atoms with E-state index >= 15 is 0 Å². The summed E-state index contributed by atoms with van der Waals surface area (Å²) in [7, 11) is 1.33. The summed E-state index contributed by atoms with van der Waals surface area (Å²) in [5.41, 5.74) is 5.66. The molecule has 5 rings (SSSR count). The van der Waals surface area contributed by atoms with E-state index < -0.39 is 54.7 Å². The minimum absolute atomic E-state index is 0.0492. The van der Waals surface area contributed by atoms with Crippen molar-refractivity contribution >= 4 is 23.7 Å². The Kier molecular flexibility index (Phi) is 8.77. The van der Waals surface area contributed by atoms with Crippen molar-refractivity contribution in [1.29, 1.82) is 0 Å². The van der Waals surface area contributed by atoms with Crippen molar-refractivity contribution in [3.05, 3.63) is 124 Å². The number of esters is 3. The third-order valence-corrected chi connectivity index (χ3v) is 6.62. The van der Waals surface area contributed by atoms with Gasteiger partial charge in [0.15, 0.2) is 30.0 Å². The lowest BCUT2D eigenvalue weighted by Gasteiger charge is -2.25. The van der Waals surface area contributed by atoms with Crippen LogP contribution in [-0.4, -0.2) is 59.5 Å². The number of rotatable bonds is 9. The van der Waals surface area contributed by atoms with Gasteiger partial charge in [-0.05, 0) is 36.4 Å². The third kappa shape index (κ3) is 6.54. The molecule has 2 N–H and O–H groups in total. The first-order chi connectivity index (χ1) is 20.9. The number of carbonyl (C=O) groups is 3. The summed E-state index contributed by atoms with van der Waals surface area (Å²) < 4.78 is 29.6. The fourth-order valence-electron chi connectivity index (χ4n) is 4.48. The quantitative estimate of drug-likeness (QED) is 0.227. The maximum atomic E-state index is 13.2. The van der Waals surface area contributed by atoms with Crippen LogP contribution >= 0.6 is 0 Å². The van der Waals surface area contributed by atoms with Gasteiger partial charge in [-0.25, -0.2) is 19.2 Å². The molecule has 0 bridgehead atoms. The highest BCUT2D eigenvalue weighted by molar-refractivity contribution is 5.91. The molecule has 2 heterocycles. The molecule has 4 atom stereocenters. The van der Waals surface area contributed by atoms with Crippen molar-refractivity contribution in [3.63, 3.8) is 0 Å². The number of carbonyl (C=O) groups excluding carboxylic acids is 3. The van der Waals surface area contributed by atoms with Crippen LogP contribution in [0.2, 0.25) is 0 Å². The summed E-state index contributed by atoms with van der Waals surface area (Å²) in [6, 6.07) is 24.5. The van der Waals surface area contributed by atoms with Gasteiger partial charge in [-0.15, -0.1) is 0 Å². The van der Waals surface area contributed by atoms with Gasteiger partial charge in [0.2, 0.25) is 0 Å². The van der Waals surface area contributed by atoms with E-state index in [1.165, 1.54) is 25.4 Å². The highest BCUT2D eigenvalue weighted by Gasteiger charge is 2.52. The van der Waals surface area contributed by atoms with E-state index in [1.54, 1.807) is 78.9 Å². The highest BCUT2D eigenvalue weighted by atomic mass is 16.7. The minimum atomic E-state index is -1.39. The van der Waals surface area contributed by atoms with Crippen molar-refractivity contribution in [2.45, 2.75) is 24.5 Å². The molecule has 0 saturated carbocycles. The number of anilines is 1. The van der Waals surface area contributed by atoms with Crippen LogP contribution in [0.15, 0.2) is 102 Å². The maximum Gasteiger partial charge on any atom is 0.352 e. The minimum Gasteiger partial charge on any atom is -0.491 e. The van der Waals surface area contributed by atoms with E-state index in [-0.39, 0.29) is 28.3 Å². The van der Waals surface area contributed by atoms with Gasteiger partial charge in [-0.2, -0.15) is 4.98 Å². The number of hydrogen-bond donors (Lipinski definition) is 1. The van der Waals surface area contributed by atoms with Crippen LogP contribution in [0, 0.1) is 0 Å². The van der Waals surface area contributed by atoms with Gasteiger partial charge in [0.25, 0.3) is 0 Å². The molecule has 4 unspecified atom stereocenters. The average molecular weight is 586 g/mol. The lowest BCUT2D eigenvalue weighted by atomic mass is 10.1. The molecule has 3 aromatic carbocycles. The van der Waals surface area contributed by atoms with E-state index in [4.69, 9.17) is 29.4 Å². The summed E-state index contributed by atoms with van der Waals surface area (Å²) >= 11 is 0. The molecule has 1 fully saturated rings. The van der Waals surface area contributed by atoms with Crippen molar-refractivity contribution in [2.24, 2.45) is 0 Å². The molecular formula is C31H27N3O9. The zero-order valence-electron chi connectivity index (χ0n) is 22.9. The van der Waals surface area contributed by atoms with E-state index in [0.29, 0.717) is 0 Å². The van der Waals surface area contributed by atoms with Gasteiger partial charge in [0.05, 0.1) is 30.0 Å². The van der Waals surface area contributed by atoms with Crippen LogP contribution in [0.3, 0.4) is 0 Å². The molecule has 12 heteroatoms. The Morgan fingerprint density at radius 3 is 1.79 bits per heavy atom. The Morgan fingerprint density at radius 1 is 0.791 bits per heavy atom. The SMILES string of the molecule is COc1cn(C2OC(COC(=O)c3ccccc3)C(OC(=O)c3ccccc3)C2OC(=O)c2ccccc2)c(=O)nc1N. The first kappa shape index (κ1) is 29.0. The van der Waals surface area contributed by atoms with Gasteiger partial charge in [0.1, 0.15) is 12.7 Å². The second-order valence-corrected chi connectivity index (χ2v) is 9.39. The van der Waals surface area contributed by atoms with Crippen molar-refractivity contribution in [1.82, 2.24) is 9.55 Å². The van der Waals surface area contributed by atoms with Gasteiger partial charge >= 0.3 is 23.6 Å².